The summed E-state index contributed by atoms with van der Waals surface area (Å²) in [7, 11) is 5.95. The number of ether oxygens (including phenoxy) is 2. The molecule has 0 bridgehead atoms. The molecule has 2 aromatic heterocycles. The van der Waals surface area contributed by atoms with Crippen LogP contribution in [0, 0.1) is 0 Å². The Bertz CT molecular complexity index is 548. The highest BCUT2D eigenvalue weighted by atomic mass is 19.4. The number of aryl methyl sites for hydroxylation is 2. The molecule has 0 saturated carbocycles. The van der Waals surface area contributed by atoms with Gasteiger partial charge in [0.1, 0.15) is 5.69 Å². The molecule has 0 N–H and O–H groups in total. The summed E-state index contributed by atoms with van der Waals surface area (Å²) in [6.07, 6.45) is -0.904. The molecule has 0 aliphatic rings. The van der Waals surface area contributed by atoms with E-state index in [0.717, 1.165) is 16.5 Å². The summed E-state index contributed by atoms with van der Waals surface area (Å²) in [5.41, 5.74) is -0.820. The minimum absolute atomic E-state index is 0.0372. The van der Waals surface area contributed by atoms with E-state index in [1.54, 1.807) is 24.2 Å². The Morgan fingerprint density at radius 2 is 1.80 bits per heavy atom. The summed E-state index contributed by atoms with van der Waals surface area (Å²) in [4.78, 5) is 0. The second kappa shape index (κ2) is 6.31. The van der Waals surface area contributed by atoms with Crippen LogP contribution >= 0.6 is 0 Å². The van der Waals surface area contributed by atoms with Crippen LogP contribution < -0.4 is 9.47 Å². The van der Waals surface area contributed by atoms with Gasteiger partial charge in [0.15, 0.2) is 5.75 Å². The summed E-state index contributed by atoms with van der Waals surface area (Å²) >= 11 is 0. The predicted octanol–water partition coefficient (Wildman–Crippen LogP) is 1.88. The Balaban J connectivity index is 0.000000217. The third-order valence-electron chi connectivity index (χ3n) is 2.27. The van der Waals surface area contributed by atoms with Gasteiger partial charge < -0.3 is 9.47 Å². The summed E-state index contributed by atoms with van der Waals surface area (Å²) in [5, 5.41) is 7.35. The zero-order chi connectivity index (χ0) is 15.3. The highest BCUT2D eigenvalue weighted by molar-refractivity contribution is 5.17. The van der Waals surface area contributed by atoms with Crippen molar-refractivity contribution in [3.05, 3.63) is 24.2 Å². The summed E-state index contributed by atoms with van der Waals surface area (Å²) < 4.78 is 48.1. The van der Waals surface area contributed by atoms with E-state index in [1.807, 2.05) is 7.05 Å². The minimum Gasteiger partial charge on any atom is -0.493 e. The van der Waals surface area contributed by atoms with Crippen molar-refractivity contribution < 1.29 is 22.6 Å². The summed E-state index contributed by atoms with van der Waals surface area (Å²) in [6.45, 7) is 0. The first-order chi connectivity index (χ1) is 9.27. The van der Waals surface area contributed by atoms with E-state index in [1.165, 1.54) is 14.2 Å². The first-order valence-corrected chi connectivity index (χ1v) is 5.45. The van der Waals surface area contributed by atoms with Gasteiger partial charge in [0.2, 0.25) is 5.88 Å². The molecule has 9 heteroatoms. The van der Waals surface area contributed by atoms with Crippen molar-refractivity contribution in [2.45, 2.75) is 6.18 Å². The number of alkyl halides is 3. The molecule has 2 rings (SSSR count). The molecule has 0 radical (unpaired) electrons. The highest BCUT2D eigenvalue weighted by Crippen LogP contribution is 2.30. The van der Waals surface area contributed by atoms with Crippen LogP contribution in [-0.4, -0.2) is 33.8 Å². The van der Waals surface area contributed by atoms with Crippen molar-refractivity contribution in [1.29, 1.82) is 0 Å². The minimum atomic E-state index is -4.38. The molecule has 6 nitrogen and oxygen atoms in total. The van der Waals surface area contributed by atoms with Gasteiger partial charge in [-0.15, -0.1) is 5.10 Å². The molecule has 20 heavy (non-hydrogen) atoms. The molecule has 0 saturated heterocycles. The van der Waals surface area contributed by atoms with Gasteiger partial charge in [0.05, 0.1) is 26.6 Å². The maximum atomic E-state index is 12.1. The molecular weight excluding hydrogens is 277 g/mol. The van der Waals surface area contributed by atoms with E-state index >= 15 is 0 Å². The van der Waals surface area contributed by atoms with Crippen LogP contribution in [0.5, 0.6) is 11.6 Å². The molecule has 2 aromatic rings. The van der Waals surface area contributed by atoms with Crippen LogP contribution in [0.1, 0.15) is 5.69 Å². The zero-order valence-electron chi connectivity index (χ0n) is 11.5. The second-order valence-corrected chi connectivity index (χ2v) is 3.75. The SMILES string of the molecule is COc1cc(C(F)(F)F)n(C)n1.COc1cnn(C)c1. The number of methoxy groups -OCH3 is 2. The Morgan fingerprint density at radius 3 is 2.05 bits per heavy atom. The molecule has 0 fully saturated rings. The number of hydrogen-bond donors (Lipinski definition) is 0. The summed E-state index contributed by atoms with van der Waals surface area (Å²) in [5.74, 6) is 0.761. The van der Waals surface area contributed by atoms with Gasteiger partial charge >= 0.3 is 6.18 Å². The fourth-order valence-corrected chi connectivity index (χ4v) is 1.31. The molecule has 0 unspecified atom stereocenters. The molecule has 0 amide bonds. The molecule has 2 heterocycles. The maximum Gasteiger partial charge on any atom is 0.433 e. The van der Waals surface area contributed by atoms with Crippen molar-refractivity contribution in [2.75, 3.05) is 14.2 Å². The Morgan fingerprint density at radius 1 is 1.15 bits per heavy atom. The smallest absolute Gasteiger partial charge is 0.433 e. The van der Waals surface area contributed by atoms with Gasteiger partial charge in [-0.05, 0) is 0 Å². The van der Waals surface area contributed by atoms with Gasteiger partial charge in [-0.3, -0.25) is 9.36 Å². The average molecular weight is 292 g/mol. The number of rotatable bonds is 2. The first kappa shape index (κ1) is 15.9. The third kappa shape index (κ3) is 4.18. The van der Waals surface area contributed by atoms with Gasteiger partial charge in [-0.25, -0.2) is 0 Å². The Labute approximate surface area is 113 Å². The van der Waals surface area contributed by atoms with Crippen molar-refractivity contribution >= 4 is 0 Å². The molecule has 112 valence electrons. The van der Waals surface area contributed by atoms with E-state index < -0.39 is 11.9 Å². The van der Waals surface area contributed by atoms with E-state index in [0.29, 0.717) is 0 Å². The van der Waals surface area contributed by atoms with Crippen molar-refractivity contribution in [1.82, 2.24) is 19.6 Å². The number of hydrogen-bond acceptors (Lipinski definition) is 4. The number of nitrogens with zero attached hydrogens (tertiary/aromatic N) is 4. The zero-order valence-corrected chi connectivity index (χ0v) is 11.5. The summed E-state index contributed by atoms with van der Waals surface area (Å²) in [6, 6.07) is 0.847. The van der Waals surface area contributed by atoms with E-state index in [4.69, 9.17) is 4.74 Å². The third-order valence-corrected chi connectivity index (χ3v) is 2.27. The molecule has 0 aliphatic carbocycles. The lowest BCUT2D eigenvalue weighted by molar-refractivity contribution is -0.143. The first-order valence-electron chi connectivity index (χ1n) is 5.45. The van der Waals surface area contributed by atoms with E-state index in [2.05, 4.69) is 14.9 Å². The lowest BCUT2D eigenvalue weighted by Crippen LogP contribution is -2.11. The largest absolute Gasteiger partial charge is 0.493 e. The maximum absolute atomic E-state index is 12.1. The number of aromatic nitrogens is 4. The standard InChI is InChI=1S/C6H7F3N2O.C5H8N2O/c1-11-4(6(7,8)9)3-5(10-11)12-2;1-7-4-5(8-2)3-6-7/h3H,1-2H3;3-4H,1-2H3. The van der Waals surface area contributed by atoms with Crippen molar-refractivity contribution in [3.63, 3.8) is 0 Å². The fraction of sp³-hybridized carbons (Fsp3) is 0.455. The van der Waals surface area contributed by atoms with Crippen LogP contribution in [0.2, 0.25) is 0 Å². The lowest BCUT2D eigenvalue weighted by Gasteiger charge is -2.04. The average Bonchev–Trinajstić information content (AvgIpc) is 2.95. The van der Waals surface area contributed by atoms with E-state index in [-0.39, 0.29) is 5.88 Å². The monoisotopic (exact) mass is 292 g/mol. The lowest BCUT2D eigenvalue weighted by atomic mass is 10.4. The predicted molar refractivity (Wildman–Crippen MR) is 64.5 cm³/mol. The van der Waals surface area contributed by atoms with Gasteiger partial charge in [0, 0.05) is 20.2 Å². The van der Waals surface area contributed by atoms with Crippen molar-refractivity contribution in [3.8, 4) is 11.6 Å². The Hall–Kier alpha value is -2.19. The van der Waals surface area contributed by atoms with Gasteiger partial charge in [-0.1, -0.05) is 0 Å². The molecule has 0 aromatic carbocycles. The fourth-order valence-electron chi connectivity index (χ4n) is 1.31. The van der Waals surface area contributed by atoms with Crippen molar-refractivity contribution in [2.24, 2.45) is 14.1 Å². The number of halogens is 3. The highest BCUT2D eigenvalue weighted by Gasteiger charge is 2.35. The van der Waals surface area contributed by atoms with Crippen LogP contribution in [-0.2, 0) is 20.3 Å². The van der Waals surface area contributed by atoms with E-state index in [9.17, 15) is 13.2 Å². The molecule has 0 atom stereocenters. The van der Waals surface area contributed by atoms with Gasteiger partial charge in [0.25, 0.3) is 0 Å². The molecular formula is C11H15F3N4O2. The molecule has 0 aliphatic heterocycles. The Kier molecular flexibility index (Phi) is 5.00. The van der Waals surface area contributed by atoms with Gasteiger partial charge in [-0.2, -0.15) is 18.3 Å². The normalized spacial score (nSPS) is 10.8. The van der Waals surface area contributed by atoms with Crippen LogP contribution in [0.4, 0.5) is 13.2 Å². The van der Waals surface area contributed by atoms with Crippen LogP contribution in [0.25, 0.3) is 0 Å². The second-order valence-electron chi connectivity index (χ2n) is 3.75. The van der Waals surface area contributed by atoms with Crippen LogP contribution in [0.3, 0.4) is 0 Å². The topological polar surface area (TPSA) is 54.1 Å². The molecule has 0 spiro atoms. The van der Waals surface area contributed by atoms with Crippen LogP contribution in [0.15, 0.2) is 18.5 Å². The quantitative estimate of drug-likeness (QED) is 0.848.